The fourth-order valence-electron chi connectivity index (χ4n) is 2.78. The zero-order valence-electron chi connectivity index (χ0n) is 14.2. The molecule has 25 heavy (non-hydrogen) atoms. The Kier molecular flexibility index (Phi) is 4.15. The molecule has 0 spiro atoms. The van der Waals surface area contributed by atoms with Gasteiger partial charge in [-0.25, -0.2) is 9.78 Å². The van der Waals surface area contributed by atoms with Crippen molar-refractivity contribution in [1.29, 1.82) is 5.26 Å². The van der Waals surface area contributed by atoms with Gasteiger partial charge >= 0.3 is 5.69 Å². The molecule has 0 bridgehead atoms. The molecule has 0 radical (unpaired) electrons. The number of imidazole rings is 1. The van der Waals surface area contributed by atoms with Crippen LogP contribution in [0, 0.1) is 11.3 Å². The topological polar surface area (TPSA) is 108 Å². The summed E-state index contributed by atoms with van der Waals surface area (Å²) >= 11 is 0. The van der Waals surface area contributed by atoms with Gasteiger partial charge in [0.1, 0.15) is 17.7 Å². The van der Waals surface area contributed by atoms with Gasteiger partial charge in [0.2, 0.25) is 0 Å². The quantitative estimate of drug-likeness (QED) is 0.747. The monoisotopic (exact) mass is 338 g/mol. The zero-order chi connectivity index (χ0) is 18.1. The van der Waals surface area contributed by atoms with Gasteiger partial charge < -0.3 is 10.3 Å². The Labute approximate surface area is 143 Å². The summed E-state index contributed by atoms with van der Waals surface area (Å²) in [4.78, 5) is 32.2. The molecule has 0 saturated heterocycles. The highest BCUT2D eigenvalue weighted by Gasteiger charge is 2.20. The molecule has 128 valence electrons. The summed E-state index contributed by atoms with van der Waals surface area (Å²) in [6.45, 7) is 1.95. The van der Waals surface area contributed by atoms with E-state index in [1.165, 1.54) is 18.7 Å². The predicted molar refractivity (Wildman–Crippen MR) is 94.4 cm³/mol. The summed E-state index contributed by atoms with van der Waals surface area (Å²) < 4.78 is 2.19. The zero-order valence-corrected chi connectivity index (χ0v) is 14.2. The van der Waals surface area contributed by atoms with Gasteiger partial charge in [0.25, 0.3) is 5.56 Å². The molecule has 2 aromatic heterocycles. The van der Waals surface area contributed by atoms with Crippen molar-refractivity contribution < 1.29 is 0 Å². The molecule has 0 aliphatic carbocycles. The Morgan fingerprint density at radius 3 is 2.64 bits per heavy atom. The Balaban J connectivity index is 2.10. The number of H-pyrrole nitrogens is 1. The molecule has 3 aromatic rings. The van der Waals surface area contributed by atoms with Gasteiger partial charge in [0.05, 0.1) is 17.1 Å². The van der Waals surface area contributed by atoms with Crippen LogP contribution in [0.1, 0.15) is 30.8 Å². The second kappa shape index (κ2) is 6.28. The van der Waals surface area contributed by atoms with Gasteiger partial charge in [0, 0.05) is 14.1 Å². The van der Waals surface area contributed by atoms with Crippen molar-refractivity contribution in [2.24, 2.45) is 14.1 Å². The number of aromatic amines is 1. The number of nitrogens with zero attached hydrogens (tertiary/aromatic N) is 4. The third-order valence-electron chi connectivity index (χ3n) is 4.23. The van der Waals surface area contributed by atoms with E-state index in [4.69, 9.17) is 0 Å². The van der Waals surface area contributed by atoms with E-state index in [0.717, 1.165) is 15.6 Å². The third-order valence-corrected chi connectivity index (χ3v) is 4.23. The average molecular weight is 338 g/mol. The number of para-hydroxylation sites is 2. The van der Waals surface area contributed by atoms with E-state index in [1.54, 1.807) is 0 Å². The molecule has 3 rings (SSSR count). The number of nitrogens with one attached hydrogen (secondary N) is 2. The lowest BCUT2D eigenvalue weighted by molar-refractivity contribution is 0.653. The molecular weight excluding hydrogens is 320 g/mol. The smallest absolute Gasteiger partial charge is 0.332 e. The van der Waals surface area contributed by atoms with Gasteiger partial charge in [-0.15, -0.1) is 0 Å². The minimum atomic E-state index is -0.618. The minimum absolute atomic E-state index is 0.0980. The highest BCUT2D eigenvalue weighted by atomic mass is 16.2. The summed E-state index contributed by atoms with van der Waals surface area (Å²) in [6.07, 6.45) is 0.647. The highest BCUT2D eigenvalue weighted by molar-refractivity contribution is 5.75. The number of fused-ring (bicyclic) bond motifs is 1. The Morgan fingerprint density at radius 1 is 1.28 bits per heavy atom. The van der Waals surface area contributed by atoms with E-state index in [9.17, 15) is 14.9 Å². The maximum absolute atomic E-state index is 12.2. The lowest BCUT2D eigenvalue weighted by Gasteiger charge is -2.19. The van der Waals surface area contributed by atoms with E-state index in [-0.39, 0.29) is 17.4 Å². The Morgan fingerprint density at radius 2 is 2.00 bits per heavy atom. The van der Waals surface area contributed by atoms with Crippen LogP contribution in [-0.4, -0.2) is 19.1 Å². The van der Waals surface area contributed by atoms with Crippen LogP contribution in [0.4, 0.5) is 5.82 Å². The number of hydrogen-bond donors (Lipinski definition) is 2. The molecule has 1 atom stereocenters. The van der Waals surface area contributed by atoms with E-state index in [0.29, 0.717) is 12.2 Å². The molecule has 0 fully saturated rings. The number of aromatic nitrogens is 4. The molecule has 1 aromatic carbocycles. The average Bonchev–Trinajstić information content (AvgIpc) is 3.05. The fourth-order valence-corrected chi connectivity index (χ4v) is 2.78. The van der Waals surface area contributed by atoms with Gasteiger partial charge in [-0.1, -0.05) is 19.1 Å². The molecule has 8 heteroatoms. The predicted octanol–water partition coefficient (Wildman–Crippen LogP) is 1.40. The van der Waals surface area contributed by atoms with Gasteiger partial charge in [-0.05, 0) is 18.6 Å². The summed E-state index contributed by atoms with van der Waals surface area (Å²) in [7, 11) is 2.88. The normalized spacial score (nSPS) is 12.1. The fraction of sp³-hybridized carbons (Fsp3) is 0.294. The first kappa shape index (κ1) is 16.5. The van der Waals surface area contributed by atoms with Crippen LogP contribution in [-0.2, 0) is 14.1 Å². The van der Waals surface area contributed by atoms with E-state index in [2.05, 4.69) is 15.3 Å². The Bertz CT molecular complexity index is 1070. The third kappa shape index (κ3) is 2.70. The first-order valence-corrected chi connectivity index (χ1v) is 7.89. The molecule has 0 amide bonds. The van der Waals surface area contributed by atoms with Crippen molar-refractivity contribution in [3.05, 3.63) is 56.5 Å². The van der Waals surface area contributed by atoms with Crippen molar-refractivity contribution >= 4 is 16.9 Å². The number of hydrogen-bond acceptors (Lipinski definition) is 5. The number of rotatable bonds is 4. The van der Waals surface area contributed by atoms with Crippen molar-refractivity contribution in [3.63, 3.8) is 0 Å². The first-order chi connectivity index (χ1) is 12.0. The summed E-state index contributed by atoms with van der Waals surface area (Å²) in [6, 6.07) is 9.25. The first-order valence-electron chi connectivity index (χ1n) is 7.89. The molecule has 0 unspecified atom stereocenters. The second-order valence-corrected chi connectivity index (χ2v) is 5.79. The van der Waals surface area contributed by atoms with Crippen LogP contribution < -0.4 is 16.6 Å². The lowest BCUT2D eigenvalue weighted by Crippen LogP contribution is -2.40. The van der Waals surface area contributed by atoms with Gasteiger partial charge in [-0.3, -0.25) is 13.9 Å². The molecular formula is C17H18N6O2. The largest absolute Gasteiger partial charge is 0.360 e. The lowest BCUT2D eigenvalue weighted by atomic mass is 10.2. The standard InChI is InChI=1S/C17H18N6O2/c1-4-11(14-19-12-7-5-6-8-13(12)20-14)21-15-10(9-18)16(24)23(3)17(25)22(15)2/h5-8,11,21H,4H2,1-3H3,(H,19,20)/t11-/m0/s1. The molecule has 0 aliphatic rings. The van der Waals surface area contributed by atoms with Gasteiger partial charge in [0.15, 0.2) is 5.56 Å². The summed E-state index contributed by atoms with van der Waals surface area (Å²) in [5, 5.41) is 12.5. The van der Waals surface area contributed by atoms with Crippen LogP contribution in [0.15, 0.2) is 33.9 Å². The van der Waals surface area contributed by atoms with Crippen molar-refractivity contribution in [3.8, 4) is 6.07 Å². The van der Waals surface area contributed by atoms with Crippen molar-refractivity contribution in [2.45, 2.75) is 19.4 Å². The number of anilines is 1. The highest BCUT2D eigenvalue weighted by Crippen LogP contribution is 2.23. The minimum Gasteiger partial charge on any atom is -0.360 e. The van der Waals surface area contributed by atoms with Crippen molar-refractivity contribution in [1.82, 2.24) is 19.1 Å². The van der Waals surface area contributed by atoms with E-state index in [1.807, 2.05) is 37.3 Å². The Hall–Kier alpha value is -3.34. The van der Waals surface area contributed by atoms with E-state index < -0.39 is 11.2 Å². The van der Waals surface area contributed by atoms with Crippen molar-refractivity contribution in [2.75, 3.05) is 5.32 Å². The molecule has 2 N–H and O–H groups in total. The van der Waals surface area contributed by atoms with Gasteiger partial charge in [-0.2, -0.15) is 5.26 Å². The molecule has 0 aliphatic heterocycles. The van der Waals surface area contributed by atoms with E-state index >= 15 is 0 Å². The molecule has 2 heterocycles. The van der Waals surface area contributed by atoms with Crippen LogP contribution in [0.3, 0.4) is 0 Å². The number of benzene rings is 1. The maximum Gasteiger partial charge on any atom is 0.332 e. The van der Waals surface area contributed by atoms with Crippen LogP contribution in [0.25, 0.3) is 11.0 Å². The molecule has 0 saturated carbocycles. The second-order valence-electron chi connectivity index (χ2n) is 5.79. The van der Waals surface area contributed by atoms with Crippen LogP contribution in [0.2, 0.25) is 0 Å². The maximum atomic E-state index is 12.2. The van der Waals surface area contributed by atoms with Crippen LogP contribution >= 0.6 is 0 Å². The van der Waals surface area contributed by atoms with Crippen LogP contribution in [0.5, 0.6) is 0 Å². The molecule has 8 nitrogen and oxygen atoms in total. The summed E-state index contributed by atoms with van der Waals surface area (Å²) in [5.41, 5.74) is 0.518. The number of nitriles is 1. The SMILES string of the molecule is CC[C@H](Nc1c(C#N)c(=O)n(C)c(=O)n1C)c1nc2ccccc2[nH]1. The summed E-state index contributed by atoms with van der Waals surface area (Å²) in [5.74, 6) is 0.878.